The molecule has 0 fully saturated rings. The second-order valence-corrected chi connectivity index (χ2v) is 2.95. The Hall–Kier alpha value is -1.45. The first-order chi connectivity index (χ1) is 6.52. The number of esters is 1. The molecule has 0 spiro atoms. The summed E-state index contributed by atoms with van der Waals surface area (Å²) in [4.78, 5) is 11.1. The molecule has 0 unspecified atom stereocenters. The van der Waals surface area contributed by atoms with Crippen LogP contribution in [-0.4, -0.2) is 12.6 Å². The highest BCUT2D eigenvalue weighted by Gasteiger charge is 2.09. The van der Waals surface area contributed by atoms with Gasteiger partial charge in [-0.1, -0.05) is 12.2 Å². The van der Waals surface area contributed by atoms with Crippen molar-refractivity contribution in [3.8, 4) is 0 Å². The maximum absolute atomic E-state index is 11.1. The van der Waals surface area contributed by atoms with Crippen LogP contribution in [0.15, 0.2) is 28.5 Å². The number of ether oxygens (including phenoxy) is 1. The number of nitrogens with one attached hydrogen (secondary N) is 1. The second-order valence-electron chi connectivity index (χ2n) is 2.95. The van der Waals surface area contributed by atoms with E-state index in [0.29, 0.717) is 12.3 Å². The Balaban J connectivity index is 4.59. The number of allylic oxidation sites excluding steroid dienone is 2. The van der Waals surface area contributed by atoms with E-state index in [4.69, 9.17) is 10.3 Å². The molecular formula is C10H16N2O2. The van der Waals surface area contributed by atoms with Gasteiger partial charge in [0.2, 0.25) is 0 Å². The van der Waals surface area contributed by atoms with Gasteiger partial charge in [-0.3, -0.25) is 4.79 Å². The van der Waals surface area contributed by atoms with Crippen LogP contribution in [0, 0.1) is 5.53 Å². The van der Waals surface area contributed by atoms with Gasteiger partial charge in [0.25, 0.3) is 0 Å². The second kappa shape index (κ2) is 6.07. The Morgan fingerprint density at radius 3 is 2.43 bits per heavy atom. The maximum atomic E-state index is 11.1. The molecule has 0 aromatic heterocycles. The van der Waals surface area contributed by atoms with Crippen LogP contribution >= 0.6 is 0 Å². The van der Waals surface area contributed by atoms with Gasteiger partial charge < -0.3 is 4.74 Å². The molecule has 0 radical (unpaired) electrons. The Labute approximate surface area is 84.2 Å². The highest BCUT2D eigenvalue weighted by Crippen LogP contribution is 2.16. The van der Waals surface area contributed by atoms with E-state index in [2.05, 4.69) is 11.7 Å². The van der Waals surface area contributed by atoms with E-state index in [1.54, 1.807) is 13.8 Å². The summed E-state index contributed by atoms with van der Waals surface area (Å²) >= 11 is 0. The van der Waals surface area contributed by atoms with Gasteiger partial charge in [0, 0.05) is 0 Å². The topological polar surface area (TPSA) is 62.5 Å². The summed E-state index contributed by atoms with van der Waals surface area (Å²) in [6.45, 7) is 9.41. The minimum absolute atomic E-state index is 0.0377. The third-order valence-corrected chi connectivity index (χ3v) is 1.83. The van der Waals surface area contributed by atoms with E-state index in [9.17, 15) is 4.79 Å². The molecule has 0 heterocycles. The van der Waals surface area contributed by atoms with Crippen LogP contribution in [0.25, 0.3) is 0 Å². The monoisotopic (exact) mass is 196 g/mol. The van der Waals surface area contributed by atoms with Gasteiger partial charge in [-0.25, -0.2) is 5.53 Å². The van der Waals surface area contributed by atoms with Gasteiger partial charge in [-0.2, -0.15) is 5.11 Å². The lowest BCUT2D eigenvalue weighted by Gasteiger charge is -2.05. The highest BCUT2D eigenvalue weighted by atomic mass is 16.5. The Bertz CT molecular complexity index is 280. The molecule has 4 nitrogen and oxygen atoms in total. The third-order valence-electron chi connectivity index (χ3n) is 1.83. The Morgan fingerprint density at radius 1 is 1.50 bits per heavy atom. The standard InChI is InChI=1S/C10H16N2O2/c1-5-14-10(13)6-9(12-11)8(4)7(2)3/h11H,2,5-6H2,1,3-4H3/b9-8-,12-11?. The molecule has 0 aliphatic rings. The number of carbonyl (C=O) groups excluding carboxylic acids is 1. The van der Waals surface area contributed by atoms with Gasteiger partial charge in [0.15, 0.2) is 0 Å². The average molecular weight is 196 g/mol. The molecule has 0 amide bonds. The van der Waals surface area contributed by atoms with E-state index < -0.39 is 0 Å². The SMILES string of the molecule is C=C(C)/C(C)=C(/CC(=O)OCC)N=N. The van der Waals surface area contributed by atoms with Gasteiger partial charge in [0.05, 0.1) is 18.7 Å². The number of nitrogens with zero attached hydrogens (tertiary/aromatic N) is 1. The van der Waals surface area contributed by atoms with Crippen molar-refractivity contribution in [3.63, 3.8) is 0 Å². The third kappa shape index (κ3) is 3.98. The van der Waals surface area contributed by atoms with Crippen molar-refractivity contribution in [1.29, 1.82) is 5.53 Å². The van der Waals surface area contributed by atoms with Crippen molar-refractivity contribution in [2.75, 3.05) is 6.61 Å². The van der Waals surface area contributed by atoms with Gasteiger partial charge in [-0.15, -0.1) is 0 Å². The quantitative estimate of drug-likeness (QED) is 0.417. The van der Waals surface area contributed by atoms with Crippen molar-refractivity contribution < 1.29 is 9.53 Å². The van der Waals surface area contributed by atoms with E-state index in [1.807, 2.05) is 6.92 Å². The largest absolute Gasteiger partial charge is 0.466 e. The predicted molar refractivity (Wildman–Crippen MR) is 53.9 cm³/mol. The summed E-state index contributed by atoms with van der Waals surface area (Å²) in [6.07, 6.45) is 0.0377. The molecule has 4 heteroatoms. The van der Waals surface area contributed by atoms with Gasteiger partial charge in [0.1, 0.15) is 0 Å². The fraction of sp³-hybridized carbons (Fsp3) is 0.500. The van der Waals surface area contributed by atoms with Crippen molar-refractivity contribution in [3.05, 3.63) is 23.4 Å². The number of hydrogen-bond acceptors (Lipinski definition) is 4. The van der Waals surface area contributed by atoms with Crippen LogP contribution in [0.3, 0.4) is 0 Å². The zero-order chi connectivity index (χ0) is 11.1. The van der Waals surface area contributed by atoms with Crippen molar-refractivity contribution in [1.82, 2.24) is 0 Å². The molecule has 0 aromatic carbocycles. The van der Waals surface area contributed by atoms with Crippen molar-refractivity contribution in [2.24, 2.45) is 5.11 Å². The molecule has 0 saturated carbocycles. The Kier molecular flexibility index (Phi) is 5.44. The first-order valence-corrected chi connectivity index (χ1v) is 4.41. The molecular weight excluding hydrogens is 180 g/mol. The van der Waals surface area contributed by atoms with Gasteiger partial charge in [-0.05, 0) is 26.3 Å². The first-order valence-electron chi connectivity index (χ1n) is 4.41. The van der Waals surface area contributed by atoms with Crippen molar-refractivity contribution in [2.45, 2.75) is 27.2 Å². The molecule has 0 saturated heterocycles. The summed E-state index contributed by atoms with van der Waals surface area (Å²) < 4.78 is 4.76. The van der Waals surface area contributed by atoms with Crippen molar-refractivity contribution >= 4 is 5.97 Å². The lowest BCUT2D eigenvalue weighted by atomic mass is 10.1. The summed E-state index contributed by atoms with van der Waals surface area (Å²) in [5.74, 6) is -0.362. The summed E-state index contributed by atoms with van der Waals surface area (Å²) in [5, 5.41) is 3.30. The maximum Gasteiger partial charge on any atom is 0.311 e. The van der Waals surface area contributed by atoms with E-state index in [1.165, 1.54) is 0 Å². The Morgan fingerprint density at radius 2 is 2.07 bits per heavy atom. The van der Waals surface area contributed by atoms with Crippen LogP contribution in [0.4, 0.5) is 0 Å². The number of rotatable bonds is 5. The molecule has 0 aromatic rings. The summed E-state index contributed by atoms with van der Waals surface area (Å²) in [5.41, 5.74) is 8.92. The normalized spacial score (nSPS) is 11.6. The van der Waals surface area contributed by atoms with E-state index >= 15 is 0 Å². The van der Waals surface area contributed by atoms with E-state index in [0.717, 1.165) is 11.1 Å². The minimum Gasteiger partial charge on any atom is -0.466 e. The van der Waals surface area contributed by atoms with Gasteiger partial charge >= 0.3 is 5.97 Å². The van der Waals surface area contributed by atoms with Crippen LogP contribution < -0.4 is 0 Å². The summed E-state index contributed by atoms with van der Waals surface area (Å²) in [6, 6.07) is 0. The fourth-order valence-electron chi connectivity index (χ4n) is 0.851. The van der Waals surface area contributed by atoms with Crippen LogP contribution in [0.5, 0.6) is 0 Å². The van der Waals surface area contributed by atoms with E-state index in [-0.39, 0.29) is 12.4 Å². The zero-order valence-corrected chi connectivity index (χ0v) is 8.89. The molecule has 78 valence electrons. The minimum atomic E-state index is -0.362. The molecule has 1 N–H and O–H groups in total. The molecule has 0 aliphatic heterocycles. The molecule has 0 aliphatic carbocycles. The lowest BCUT2D eigenvalue weighted by Crippen LogP contribution is -2.05. The lowest BCUT2D eigenvalue weighted by molar-refractivity contribution is -0.142. The fourth-order valence-corrected chi connectivity index (χ4v) is 0.851. The average Bonchev–Trinajstić information content (AvgIpc) is 2.13. The zero-order valence-electron chi connectivity index (χ0n) is 8.89. The first kappa shape index (κ1) is 12.6. The van der Waals surface area contributed by atoms with Crippen LogP contribution in [-0.2, 0) is 9.53 Å². The van der Waals surface area contributed by atoms with Crippen LogP contribution in [0.1, 0.15) is 27.2 Å². The van der Waals surface area contributed by atoms with Crippen LogP contribution in [0.2, 0.25) is 0 Å². The molecule has 14 heavy (non-hydrogen) atoms. The highest BCUT2D eigenvalue weighted by molar-refractivity contribution is 5.72. The number of carbonyl (C=O) groups is 1. The summed E-state index contributed by atoms with van der Waals surface area (Å²) in [7, 11) is 0. The predicted octanol–water partition coefficient (Wildman–Crippen LogP) is 2.82. The molecule has 0 bridgehead atoms. The smallest absolute Gasteiger partial charge is 0.311 e. The molecule has 0 rings (SSSR count). The molecule has 0 atom stereocenters. The number of hydrogen-bond donors (Lipinski definition) is 1.